The Bertz CT molecular complexity index is 1100. The van der Waals surface area contributed by atoms with Gasteiger partial charge in [-0.05, 0) is 37.0 Å². The van der Waals surface area contributed by atoms with Crippen molar-refractivity contribution < 1.29 is 14.7 Å². The summed E-state index contributed by atoms with van der Waals surface area (Å²) in [6.45, 7) is 4.70. The van der Waals surface area contributed by atoms with E-state index >= 15 is 0 Å². The molecule has 196 valence electrons. The molecule has 37 heavy (non-hydrogen) atoms. The van der Waals surface area contributed by atoms with Crippen LogP contribution in [0.2, 0.25) is 0 Å². The Morgan fingerprint density at radius 3 is 1.86 bits per heavy atom. The number of thioether (sulfide) groups is 2. The molecular weight excluding hydrogens is 500 g/mol. The third kappa shape index (κ3) is 9.82. The number of amides is 2. The fourth-order valence-corrected chi connectivity index (χ4v) is 5.80. The topological polar surface area (TPSA) is 72.5 Å². The van der Waals surface area contributed by atoms with E-state index in [2.05, 4.69) is 17.4 Å². The smallest absolute Gasteiger partial charge is 0.318 e. The SMILES string of the molecule is CC(C)(SCc1ccccc1)C(NC(=O)N(CCSCc1ccccc1)CCc1ccccc1)C(=O)[O-]. The molecule has 2 amide bonds. The van der Waals surface area contributed by atoms with Crippen LogP contribution in [0.25, 0.3) is 0 Å². The quantitative estimate of drug-likeness (QED) is 0.294. The van der Waals surface area contributed by atoms with Crippen LogP contribution in [0.1, 0.15) is 30.5 Å². The molecule has 0 aliphatic rings. The van der Waals surface area contributed by atoms with Gasteiger partial charge in [-0.25, -0.2) is 4.79 Å². The first kappa shape index (κ1) is 28.7. The second-order valence-electron chi connectivity index (χ2n) is 9.34. The first-order chi connectivity index (χ1) is 17.8. The normalized spacial score (nSPS) is 12.1. The number of aliphatic carboxylic acids is 1. The average Bonchev–Trinajstić information content (AvgIpc) is 2.91. The number of urea groups is 1. The number of carbonyl (C=O) groups is 2. The zero-order valence-corrected chi connectivity index (χ0v) is 23.1. The second-order valence-corrected chi connectivity index (χ2v) is 12.1. The van der Waals surface area contributed by atoms with Crippen molar-refractivity contribution >= 4 is 35.5 Å². The molecule has 3 aromatic rings. The van der Waals surface area contributed by atoms with Crippen LogP contribution < -0.4 is 10.4 Å². The van der Waals surface area contributed by atoms with Crippen molar-refractivity contribution in [1.29, 1.82) is 0 Å². The van der Waals surface area contributed by atoms with Crippen LogP contribution in [0.15, 0.2) is 91.0 Å². The fourth-order valence-electron chi connectivity index (χ4n) is 3.82. The highest BCUT2D eigenvalue weighted by atomic mass is 32.2. The van der Waals surface area contributed by atoms with Gasteiger partial charge in [0.15, 0.2) is 0 Å². The average molecular weight is 536 g/mol. The molecule has 0 fully saturated rings. The predicted molar refractivity (Wildman–Crippen MR) is 153 cm³/mol. The summed E-state index contributed by atoms with van der Waals surface area (Å²) >= 11 is 3.25. The maximum Gasteiger partial charge on any atom is 0.318 e. The highest BCUT2D eigenvalue weighted by molar-refractivity contribution is 8.00. The number of benzene rings is 3. The minimum Gasteiger partial charge on any atom is -0.548 e. The van der Waals surface area contributed by atoms with Gasteiger partial charge in [0.25, 0.3) is 0 Å². The second kappa shape index (κ2) is 14.7. The van der Waals surface area contributed by atoms with Crippen molar-refractivity contribution in [2.75, 3.05) is 18.8 Å². The molecule has 0 bridgehead atoms. The van der Waals surface area contributed by atoms with Gasteiger partial charge in [0.1, 0.15) is 0 Å². The number of rotatable bonds is 14. The van der Waals surface area contributed by atoms with Crippen molar-refractivity contribution in [3.63, 3.8) is 0 Å². The van der Waals surface area contributed by atoms with Gasteiger partial charge in [-0.15, -0.1) is 11.8 Å². The van der Waals surface area contributed by atoms with Crippen LogP contribution in [0, 0.1) is 0 Å². The van der Waals surface area contributed by atoms with Crippen LogP contribution >= 0.6 is 23.5 Å². The number of carbonyl (C=O) groups excluding carboxylic acids is 2. The van der Waals surface area contributed by atoms with Gasteiger partial charge in [0, 0.05) is 35.1 Å². The summed E-state index contributed by atoms with van der Waals surface area (Å²) in [5.74, 6) is 0.973. The number of carboxylic acids is 1. The lowest BCUT2D eigenvalue weighted by atomic mass is 10.0. The van der Waals surface area contributed by atoms with Gasteiger partial charge in [-0.3, -0.25) is 0 Å². The minimum absolute atomic E-state index is 0.376. The molecule has 0 aliphatic carbocycles. The number of nitrogens with one attached hydrogen (secondary N) is 1. The molecule has 0 saturated heterocycles. The summed E-state index contributed by atoms with van der Waals surface area (Å²) in [4.78, 5) is 27.2. The van der Waals surface area contributed by atoms with Gasteiger partial charge < -0.3 is 20.1 Å². The number of hydrogen-bond acceptors (Lipinski definition) is 5. The third-order valence-electron chi connectivity index (χ3n) is 6.07. The van der Waals surface area contributed by atoms with E-state index in [1.165, 1.54) is 17.3 Å². The Morgan fingerprint density at radius 2 is 1.32 bits per heavy atom. The molecule has 3 rings (SSSR count). The first-order valence-electron chi connectivity index (χ1n) is 12.4. The zero-order valence-electron chi connectivity index (χ0n) is 21.5. The first-order valence-corrected chi connectivity index (χ1v) is 14.6. The Morgan fingerprint density at radius 1 is 0.811 bits per heavy atom. The number of carboxylic acid groups (broad SMARTS) is 1. The van der Waals surface area contributed by atoms with Crippen LogP contribution in [0.5, 0.6) is 0 Å². The van der Waals surface area contributed by atoms with E-state index in [0.29, 0.717) is 25.3 Å². The van der Waals surface area contributed by atoms with Gasteiger partial charge in [0.2, 0.25) is 0 Å². The predicted octanol–water partition coefficient (Wildman–Crippen LogP) is 5.00. The van der Waals surface area contributed by atoms with Crippen molar-refractivity contribution in [3.05, 3.63) is 108 Å². The molecule has 0 radical (unpaired) electrons. The molecule has 1 atom stereocenters. The molecule has 0 aliphatic heterocycles. The van der Waals surface area contributed by atoms with Crippen molar-refractivity contribution in [1.82, 2.24) is 10.2 Å². The zero-order chi connectivity index (χ0) is 26.5. The lowest BCUT2D eigenvalue weighted by Crippen LogP contribution is -2.60. The summed E-state index contributed by atoms with van der Waals surface area (Å²) in [5, 5.41) is 14.9. The summed E-state index contributed by atoms with van der Waals surface area (Å²) in [7, 11) is 0. The molecule has 3 aromatic carbocycles. The summed E-state index contributed by atoms with van der Waals surface area (Å²) in [6, 6.07) is 28.6. The molecule has 1 unspecified atom stereocenters. The highest BCUT2D eigenvalue weighted by Crippen LogP contribution is 2.31. The van der Waals surface area contributed by atoms with E-state index < -0.39 is 16.8 Å². The maximum absolute atomic E-state index is 13.4. The van der Waals surface area contributed by atoms with E-state index in [4.69, 9.17) is 0 Å². The van der Waals surface area contributed by atoms with Crippen molar-refractivity contribution in [3.8, 4) is 0 Å². The van der Waals surface area contributed by atoms with Gasteiger partial charge in [0.05, 0.1) is 12.0 Å². The lowest BCUT2D eigenvalue weighted by Gasteiger charge is -2.36. The Balaban J connectivity index is 1.63. The summed E-state index contributed by atoms with van der Waals surface area (Å²) in [6.07, 6.45) is 0.694. The van der Waals surface area contributed by atoms with E-state index in [9.17, 15) is 14.7 Å². The van der Waals surface area contributed by atoms with Gasteiger partial charge >= 0.3 is 6.03 Å². The molecule has 7 heteroatoms. The molecule has 0 spiro atoms. The molecular formula is C30H35N2O3S2-. The standard InChI is InChI=1S/C30H36N2O3S2/c1-30(2,37-23-26-16-10-5-11-17-26)27(28(33)34)31-29(35)32(19-18-24-12-6-3-7-13-24)20-21-36-22-25-14-8-4-9-15-25/h3-17,27H,18-23H2,1-2H3,(H,31,35)(H,33,34)/p-1. The maximum atomic E-state index is 13.4. The molecule has 0 heterocycles. The number of nitrogens with zero attached hydrogens (tertiary/aromatic N) is 1. The fraction of sp³-hybridized carbons (Fsp3) is 0.333. The van der Waals surface area contributed by atoms with E-state index in [1.807, 2.05) is 92.7 Å². The lowest BCUT2D eigenvalue weighted by molar-refractivity contribution is -0.308. The summed E-state index contributed by atoms with van der Waals surface area (Å²) in [5.41, 5.74) is 3.47. The monoisotopic (exact) mass is 535 g/mol. The highest BCUT2D eigenvalue weighted by Gasteiger charge is 2.33. The third-order valence-corrected chi connectivity index (χ3v) is 8.54. The molecule has 5 nitrogen and oxygen atoms in total. The Kier molecular flexibility index (Phi) is 11.4. The van der Waals surface area contributed by atoms with Gasteiger partial charge in [-0.2, -0.15) is 11.8 Å². The van der Waals surface area contributed by atoms with Crippen LogP contribution in [-0.2, 0) is 22.7 Å². The molecule has 0 saturated carbocycles. The summed E-state index contributed by atoms with van der Waals surface area (Å²) < 4.78 is -0.766. The van der Waals surface area contributed by atoms with Crippen molar-refractivity contribution in [2.24, 2.45) is 0 Å². The Hall–Kier alpha value is -2.90. The van der Waals surface area contributed by atoms with E-state index in [0.717, 1.165) is 22.6 Å². The van der Waals surface area contributed by atoms with Crippen LogP contribution in [-0.4, -0.2) is 46.5 Å². The van der Waals surface area contributed by atoms with Gasteiger partial charge in [-0.1, -0.05) is 91.0 Å². The molecule has 0 aromatic heterocycles. The van der Waals surface area contributed by atoms with Crippen LogP contribution in [0.3, 0.4) is 0 Å². The molecule has 1 N–H and O–H groups in total. The van der Waals surface area contributed by atoms with E-state index in [-0.39, 0.29) is 6.03 Å². The Labute approximate surface area is 229 Å². The number of hydrogen-bond donors (Lipinski definition) is 1. The minimum atomic E-state index is -1.28. The van der Waals surface area contributed by atoms with E-state index in [1.54, 1.807) is 16.7 Å². The van der Waals surface area contributed by atoms with Crippen LogP contribution in [0.4, 0.5) is 4.79 Å². The van der Waals surface area contributed by atoms with Crippen molar-refractivity contribution in [2.45, 2.75) is 42.6 Å². The largest absolute Gasteiger partial charge is 0.548 e.